The quantitative estimate of drug-likeness (QED) is 0.512. The first-order valence-electron chi connectivity index (χ1n) is 8.41. The Morgan fingerprint density at radius 1 is 1.32 bits per heavy atom. The summed E-state index contributed by atoms with van der Waals surface area (Å²) in [5.74, 6) is -0.795. The van der Waals surface area contributed by atoms with Gasteiger partial charge < -0.3 is 0 Å². The van der Waals surface area contributed by atoms with Crippen molar-refractivity contribution in [2.24, 2.45) is 0 Å². The summed E-state index contributed by atoms with van der Waals surface area (Å²) < 4.78 is 16.4. The van der Waals surface area contributed by atoms with Crippen LogP contribution in [0.4, 0.5) is 16.0 Å². The lowest BCUT2D eigenvalue weighted by atomic mass is 10.2. The molecule has 1 atom stereocenters. The van der Waals surface area contributed by atoms with E-state index in [0.29, 0.717) is 5.56 Å². The molecule has 1 N–H and O–H groups in total. The van der Waals surface area contributed by atoms with Crippen LogP contribution in [-0.4, -0.2) is 35.4 Å². The third kappa shape index (κ3) is 3.72. The number of aromatic nitrogens is 5. The summed E-state index contributed by atoms with van der Waals surface area (Å²) in [6.07, 6.45) is 1.38. The number of rotatable bonds is 6. The SMILES string of the molecule is Cc1nn(C(C)C(=O)Nc2ncn(Cc3ccccc3F)n2)c(C)c1[N+](=O)[O-]. The predicted molar refractivity (Wildman–Crippen MR) is 97.2 cm³/mol. The van der Waals surface area contributed by atoms with E-state index in [-0.39, 0.29) is 35.4 Å². The standard InChI is InChI=1S/C17H18FN7O3/c1-10-15(25(27)28)11(2)24(21-10)12(3)16(26)20-17-19-9-23(22-17)8-13-6-4-5-7-14(13)18/h4-7,9,12H,8H2,1-3H3,(H,20,22,26). The van der Waals surface area contributed by atoms with Gasteiger partial charge in [-0.25, -0.2) is 14.1 Å². The molecule has 0 saturated carbocycles. The zero-order valence-corrected chi connectivity index (χ0v) is 15.5. The molecular weight excluding hydrogens is 369 g/mol. The van der Waals surface area contributed by atoms with Crippen LogP contribution in [0.1, 0.15) is 29.9 Å². The lowest BCUT2D eigenvalue weighted by Crippen LogP contribution is -2.26. The van der Waals surface area contributed by atoms with Crippen LogP contribution in [0.15, 0.2) is 30.6 Å². The van der Waals surface area contributed by atoms with Crippen LogP contribution in [-0.2, 0) is 11.3 Å². The predicted octanol–water partition coefficient (Wildman–Crippen LogP) is 2.39. The molecule has 28 heavy (non-hydrogen) atoms. The van der Waals surface area contributed by atoms with Gasteiger partial charge in [-0.05, 0) is 26.8 Å². The Hall–Kier alpha value is -3.63. The van der Waals surface area contributed by atoms with Crippen molar-refractivity contribution in [3.05, 3.63) is 63.5 Å². The molecule has 0 aliphatic rings. The number of benzene rings is 1. The minimum atomic E-state index is -0.814. The van der Waals surface area contributed by atoms with E-state index in [1.54, 1.807) is 25.1 Å². The Kier molecular flexibility index (Phi) is 5.16. The van der Waals surface area contributed by atoms with E-state index in [4.69, 9.17) is 0 Å². The molecule has 0 spiro atoms. The van der Waals surface area contributed by atoms with Crippen LogP contribution in [0.3, 0.4) is 0 Å². The monoisotopic (exact) mass is 387 g/mol. The number of carbonyl (C=O) groups excluding carboxylic acids is 1. The van der Waals surface area contributed by atoms with Crippen molar-refractivity contribution in [1.29, 1.82) is 0 Å². The molecule has 3 rings (SSSR count). The van der Waals surface area contributed by atoms with Crippen LogP contribution in [0.2, 0.25) is 0 Å². The van der Waals surface area contributed by atoms with Gasteiger partial charge in [0.25, 0.3) is 5.91 Å². The number of nitrogens with zero attached hydrogens (tertiary/aromatic N) is 6. The van der Waals surface area contributed by atoms with Gasteiger partial charge in [0.15, 0.2) is 0 Å². The second-order valence-corrected chi connectivity index (χ2v) is 6.24. The average molecular weight is 387 g/mol. The number of nitro groups is 1. The van der Waals surface area contributed by atoms with Crippen molar-refractivity contribution in [1.82, 2.24) is 24.5 Å². The van der Waals surface area contributed by atoms with E-state index in [9.17, 15) is 19.3 Å². The number of nitrogens with one attached hydrogen (secondary N) is 1. The third-order valence-corrected chi connectivity index (χ3v) is 4.28. The normalized spacial score (nSPS) is 12.0. The summed E-state index contributed by atoms with van der Waals surface area (Å²) in [4.78, 5) is 27.1. The zero-order valence-electron chi connectivity index (χ0n) is 15.5. The lowest BCUT2D eigenvalue weighted by Gasteiger charge is -2.12. The molecule has 1 aromatic carbocycles. The van der Waals surface area contributed by atoms with Crippen molar-refractivity contribution >= 4 is 17.5 Å². The Morgan fingerprint density at radius 2 is 2.04 bits per heavy atom. The molecular formula is C17H18FN7O3. The highest BCUT2D eigenvalue weighted by Crippen LogP contribution is 2.25. The Labute approximate surface area is 159 Å². The summed E-state index contributed by atoms with van der Waals surface area (Å²) in [5.41, 5.74) is 0.832. The number of anilines is 1. The molecule has 11 heteroatoms. The van der Waals surface area contributed by atoms with Crippen LogP contribution >= 0.6 is 0 Å². The summed E-state index contributed by atoms with van der Waals surface area (Å²) in [6.45, 7) is 4.77. The van der Waals surface area contributed by atoms with Crippen molar-refractivity contribution in [2.45, 2.75) is 33.4 Å². The Morgan fingerprint density at radius 3 is 2.68 bits per heavy atom. The molecule has 1 unspecified atom stereocenters. The van der Waals surface area contributed by atoms with Crippen molar-refractivity contribution in [3.8, 4) is 0 Å². The van der Waals surface area contributed by atoms with E-state index in [1.165, 1.54) is 35.6 Å². The molecule has 0 saturated heterocycles. The first kappa shape index (κ1) is 19.1. The second kappa shape index (κ2) is 7.55. The number of amides is 1. The molecule has 2 heterocycles. The third-order valence-electron chi connectivity index (χ3n) is 4.28. The number of carbonyl (C=O) groups is 1. The van der Waals surface area contributed by atoms with Gasteiger partial charge in [-0.1, -0.05) is 18.2 Å². The summed E-state index contributed by atoms with van der Waals surface area (Å²) in [6, 6.07) is 5.48. The molecule has 0 aliphatic carbocycles. The van der Waals surface area contributed by atoms with Crippen molar-refractivity contribution < 1.29 is 14.1 Å². The number of hydrogen-bond acceptors (Lipinski definition) is 6. The van der Waals surface area contributed by atoms with E-state index < -0.39 is 16.9 Å². The molecule has 10 nitrogen and oxygen atoms in total. The fourth-order valence-corrected chi connectivity index (χ4v) is 2.85. The van der Waals surface area contributed by atoms with Crippen molar-refractivity contribution in [3.63, 3.8) is 0 Å². The molecule has 1 amide bonds. The summed E-state index contributed by atoms with van der Waals surface area (Å²) in [5, 5.41) is 21.9. The number of hydrogen-bond donors (Lipinski definition) is 1. The molecule has 2 aromatic heterocycles. The second-order valence-electron chi connectivity index (χ2n) is 6.24. The van der Waals surface area contributed by atoms with Gasteiger partial charge in [0.05, 0.1) is 11.5 Å². The van der Waals surface area contributed by atoms with Crippen LogP contribution in [0, 0.1) is 29.8 Å². The maximum atomic E-state index is 13.7. The topological polar surface area (TPSA) is 121 Å². The highest BCUT2D eigenvalue weighted by molar-refractivity contribution is 5.91. The maximum absolute atomic E-state index is 13.7. The first-order valence-corrected chi connectivity index (χ1v) is 8.41. The molecule has 0 fully saturated rings. The van der Waals surface area contributed by atoms with Gasteiger partial charge in [-0.15, -0.1) is 5.10 Å². The van der Waals surface area contributed by atoms with Gasteiger partial charge in [-0.3, -0.25) is 24.9 Å². The zero-order chi connectivity index (χ0) is 20.4. The fourth-order valence-electron chi connectivity index (χ4n) is 2.85. The van der Waals surface area contributed by atoms with E-state index in [1.807, 2.05) is 0 Å². The largest absolute Gasteiger partial charge is 0.312 e. The average Bonchev–Trinajstić information content (AvgIpc) is 3.19. The van der Waals surface area contributed by atoms with Crippen molar-refractivity contribution in [2.75, 3.05) is 5.32 Å². The highest BCUT2D eigenvalue weighted by atomic mass is 19.1. The summed E-state index contributed by atoms with van der Waals surface area (Å²) >= 11 is 0. The lowest BCUT2D eigenvalue weighted by molar-refractivity contribution is -0.386. The Bertz CT molecular complexity index is 1040. The first-order chi connectivity index (χ1) is 13.3. The van der Waals surface area contributed by atoms with E-state index in [2.05, 4.69) is 20.5 Å². The van der Waals surface area contributed by atoms with E-state index in [0.717, 1.165) is 0 Å². The molecule has 146 valence electrons. The van der Waals surface area contributed by atoms with E-state index >= 15 is 0 Å². The number of aryl methyl sites for hydroxylation is 1. The smallest absolute Gasteiger partial charge is 0.291 e. The number of halogens is 1. The van der Waals surface area contributed by atoms with Crippen LogP contribution in [0.5, 0.6) is 0 Å². The summed E-state index contributed by atoms with van der Waals surface area (Å²) in [7, 11) is 0. The Balaban J connectivity index is 1.72. The molecule has 0 aliphatic heterocycles. The maximum Gasteiger partial charge on any atom is 0.312 e. The van der Waals surface area contributed by atoms with Gasteiger partial charge in [0.2, 0.25) is 5.95 Å². The molecule has 3 aromatic rings. The minimum absolute atomic E-state index is 0.0456. The van der Waals surface area contributed by atoms with Gasteiger partial charge >= 0.3 is 5.69 Å². The molecule has 0 radical (unpaired) electrons. The van der Waals surface area contributed by atoms with Gasteiger partial charge in [0.1, 0.15) is 29.6 Å². The van der Waals surface area contributed by atoms with Crippen LogP contribution < -0.4 is 5.32 Å². The minimum Gasteiger partial charge on any atom is -0.291 e. The molecule has 0 bridgehead atoms. The van der Waals surface area contributed by atoms with Crippen LogP contribution in [0.25, 0.3) is 0 Å². The highest BCUT2D eigenvalue weighted by Gasteiger charge is 2.27. The fraction of sp³-hybridized carbons (Fsp3) is 0.294. The van der Waals surface area contributed by atoms with Gasteiger partial charge in [-0.2, -0.15) is 5.10 Å². The van der Waals surface area contributed by atoms with Gasteiger partial charge in [0, 0.05) is 5.56 Å².